The third-order valence-corrected chi connectivity index (χ3v) is 2.82. The molecule has 0 spiro atoms. The SMILES string of the molecule is C.C1=CC(CC2CCC2)=CCC1.CC. The molecule has 2 rings (SSSR count). The minimum Gasteiger partial charge on any atom is -0.0840 e. The summed E-state index contributed by atoms with van der Waals surface area (Å²) < 4.78 is 0. The molecule has 0 bridgehead atoms. The van der Waals surface area contributed by atoms with E-state index in [4.69, 9.17) is 0 Å². The van der Waals surface area contributed by atoms with Crippen LogP contribution in [0.5, 0.6) is 0 Å². The minimum absolute atomic E-state index is 0. The molecule has 0 unspecified atom stereocenters. The fourth-order valence-electron chi connectivity index (χ4n) is 1.85. The first-order valence-corrected chi connectivity index (χ1v) is 5.81. The highest BCUT2D eigenvalue weighted by molar-refractivity contribution is 5.22. The summed E-state index contributed by atoms with van der Waals surface area (Å²) in [5, 5.41) is 0. The van der Waals surface area contributed by atoms with E-state index in [1.54, 1.807) is 5.57 Å². The van der Waals surface area contributed by atoms with Gasteiger partial charge in [-0.3, -0.25) is 0 Å². The smallest absolute Gasteiger partial charge is 0.0254 e. The molecule has 82 valence electrons. The molecule has 0 aromatic carbocycles. The van der Waals surface area contributed by atoms with Crippen LogP contribution in [0.25, 0.3) is 0 Å². The van der Waals surface area contributed by atoms with E-state index < -0.39 is 0 Å². The molecule has 0 saturated heterocycles. The van der Waals surface area contributed by atoms with Gasteiger partial charge in [0.1, 0.15) is 0 Å². The summed E-state index contributed by atoms with van der Waals surface area (Å²) in [6.45, 7) is 4.00. The van der Waals surface area contributed by atoms with Gasteiger partial charge in [-0.05, 0) is 25.2 Å². The summed E-state index contributed by atoms with van der Waals surface area (Å²) >= 11 is 0. The molecule has 0 heteroatoms. The number of hydrogen-bond donors (Lipinski definition) is 0. The lowest BCUT2D eigenvalue weighted by molar-refractivity contribution is 0.315. The van der Waals surface area contributed by atoms with Crippen LogP contribution in [0, 0.1) is 5.92 Å². The van der Waals surface area contributed by atoms with Crippen LogP contribution in [-0.2, 0) is 0 Å². The van der Waals surface area contributed by atoms with Gasteiger partial charge >= 0.3 is 0 Å². The van der Waals surface area contributed by atoms with Gasteiger partial charge in [0.15, 0.2) is 0 Å². The largest absolute Gasteiger partial charge is 0.0840 e. The van der Waals surface area contributed by atoms with Crippen molar-refractivity contribution in [1.29, 1.82) is 0 Å². The Morgan fingerprint density at radius 1 is 1.21 bits per heavy atom. The second-order valence-electron chi connectivity index (χ2n) is 3.76. The Balaban J connectivity index is 0.000000531. The van der Waals surface area contributed by atoms with Gasteiger partial charge < -0.3 is 0 Å². The average Bonchev–Trinajstić information content (AvgIpc) is 2.17. The molecule has 1 fully saturated rings. The summed E-state index contributed by atoms with van der Waals surface area (Å²) in [6, 6.07) is 0. The Hall–Kier alpha value is -0.520. The molecule has 0 aromatic heterocycles. The predicted molar refractivity (Wildman–Crippen MR) is 66.5 cm³/mol. The molecule has 0 heterocycles. The normalized spacial score (nSPS) is 19.7. The highest BCUT2D eigenvalue weighted by Gasteiger charge is 2.17. The lowest BCUT2D eigenvalue weighted by Gasteiger charge is -2.26. The van der Waals surface area contributed by atoms with Gasteiger partial charge in [-0.15, -0.1) is 0 Å². The van der Waals surface area contributed by atoms with Gasteiger partial charge in [-0.2, -0.15) is 0 Å². The van der Waals surface area contributed by atoms with E-state index in [9.17, 15) is 0 Å². The highest BCUT2D eigenvalue weighted by Crippen LogP contribution is 2.33. The summed E-state index contributed by atoms with van der Waals surface area (Å²) in [5.41, 5.74) is 1.60. The summed E-state index contributed by atoms with van der Waals surface area (Å²) in [5.74, 6) is 1.03. The van der Waals surface area contributed by atoms with Gasteiger partial charge in [0.25, 0.3) is 0 Å². The fourth-order valence-corrected chi connectivity index (χ4v) is 1.85. The van der Waals surface area contributed by atoms with Crippen molar-refractivity contribution in [2.24, 2.45) is 5.92 Å². The fraction of sp³-hybridized carbons (Fsp3) is 0.714. The third-order valence-electron chi connectivity index (χ3n) is 2.82. The molecule has 0 N–H and O–H groups in total. The van der Waals surface area contributed by atoms with Crippen molar-refractivity contribution in [3.63, 3.8) is 0 Å². The molecule has 0 nitrogen and oxygen atoms in total. The van der Waals surface area contributed by atoms with Crippen LogP contribution < -0.4 is 0 Å². The Morgan fingerprint density at radius 3 is 2.36 bits per heavy atom. The van der Waals surface area contributed by atoms with Crippen molar-refractivity contribution in [3.8, 4) is 0 Å². The van der Waals surface area contributed by atoms with Crippen molar-refractivity contribution in [1.82, 2.24) is 0 Å². The molecule has 2 aliphatic carbocycles. The first kappa shape index (κ1) is 13.5. The number of allylic oxidation sites excluding steroid dienone is 4. The Morgan fingerprint density at radius 2 is 1.93 bits per heavy atom. The average molecular weight is 194 g/mol. The summed E-state index contributed by atoms with van der Waals surface area (Å²) in [4.78, 5) is 0. The second-order valence-corrected chi connectivity index (χ2v) is 3.76. The molecular formula is C14H26. The van der Waals surface area contributed by atoms with Crippen LogP contribution in [0.15, 0.2) is 23.8 Å². The molecule has 2 aliphatic rings. The van der Waals surface area contributed by atoms with E-state index in [1.165, 1.54) is 38.5 Å². The zero-order chi connectivity index (χ0) is 9.52. The van der Waals surface area contributed by atoms with Crippen molar-refractivity contribution in [2.75, 3.05) is 0 Å². The first-order valence-electron chi connectivity index (χ1n) is 5.81. The Bertz CT molecular complexity index is 182. The van der Waals surface area contributed by atoms with E-state index in [0.29, 0.717) is 0 Å². The van der Waals surface area contributed by atoms with E-state index >= 15 is 0 Å². The number of hydrogen-bond acceptors (Lipinski definition) is 0. The van der Waals surface area contributed by atoms with Crippen molar-refractivity contribution in [3.05, 3.63) is 23.8 Å². The highest BCUT2D eigenvalue weighted by atomic mass is 14.2. The zero-order valence-corrected chi connectivity index (χ0v) is 9.05. The van der Waals surface area contributed by atoms with Crippen LogP contribution >= 0.6 is 0 Å². The molecular weight excluding hydrogens is 168 g/mol. The van der Waals surface area contributed by atoms with E-state index in [2.05, 4.69) is 18.2 Å². The van der Waals surface area contributed by atoms with Gasteiger partial charge in [-0.1, -0.05) is 64.3 Å². The lowest BCUT2D eigenvalue weighted by atomic mass is 9.80. The Kier molecular flexibility index (Phi) is 7.55. The molecule has 0 aromatic rings. The van der Waals surface area contributed by atoms with Crippen LogP contribution in [0.1, 0.15) is 59.8 Å². The first-order chi connectivity index (χ1) is 6.45. The molecule has 0 radical (unpaired) electrons. The maximum atomic E-state index is 2.42. The van der Waals surface area contributed by atoms with Gasteiger partial charge in [0, 0.05) is 0 Å². The van der Waals surface area contributed by atoms with Gasteiger partial charge in [0.2, 0.25) is 0 Å². The van der Waals surface area contributed by atoms with E-state index in [-0.39, 0.29) is 7.43 Å². The van der Waals surface area contributed by atoms with Crippen LogP contribution in [0.2, 0.25) is 0 Å². The van der Waals surface area contributed by atoms with Crippen LogP contribution in [0.4, 0.5) is 0 Å². The Labute approximate surface area is 90.1 Å². The molecule has 0 amide bonds. The topological polar surface area (TPSA) is 0 Å². The zero-order valence-electron chi connectivity index (χ0n) is 9.05. The van der Waals surface area contributed by atoms with Crippen molar-refractivity contribution in [2.45, 2.75) is 59.8 Å². The molecule has 0 atom stereocenters. The minimum atomic E-state index is 0. The van der Waals surface area contributed by atoms with Gasteiger partial charge in [-0.25, -0.2) is 0 Å². The van der Waals surface area contributed by atoms with E-state index in [0.717, 1.165) is 5.92 Å². The van der Waals surface area contributed by atoms with E-state index in [1.807, 2.05) is 13.8 Å². The van der Waals surface area contributed by atoms with Crippen molar-refractivity contribution < 1.29 is 0 Å². The maximum absolute atomic E-state index is 2.42. The monoisotopic (exact) mass is 194 g/mol. The predicted octanol–water partition coefficient (Wildman–Crippen LogP) is 5.12. The number of rotatable bonds is 2. The maximum Gasteiger partial charge on any atom is -0.0254 e. The summed E-state index contributed by atoms with van der Waals surface area (Å²) in [7, 11) is 0. The second kappa shape index (κ2) is 7.84. The van der Waals surface area contributed by atoms with Crippen LogP contribution in [-0.4, -0.2) is 0 Å². The quantitative estimate of drug-likeness (QED) is 0.572. The standard InChI is InChI=1S/C11H16.C2H6.CH4/c1-2-5-10(6-3-1)9-11-7-4-8-11;1-2;/h2,5-6,11H,1,3-4,7-9H2;1-2H3;1H4. The van der Waals surface area contributed by atoms with Crippen molar-refractivity contribution >= 4 is 0 Å². The van der Waals surface area contributed by atoms with Crippen LogP contribution in [0.3, 0.4) is 0 Å². The van der Waals surface area contributed by atoms with Gasteiger partial charge in [0.05, 0.1) is 0 Å². The molecule has 14 heavy (non-hydrogen) atoms. The summed E-state index contributed by atoms with van der Waals surface area (Å²) in [6.07, 6.45) is 15.4. The third kappa shape index (κ3) is 4.13. The molecule has 0 aliphatic heterocycles. The lowest BCUT2D eigenvalue weighted by Crippen LogP contribution is -2.11. The molecule has 1 saturated carbocycles.